The topological polar surface area (TPSA) is 52.6 Å². The summed E-state index contributed by atoms with van der Waals surface area (Å²) in [6, 6.07) is 10.5. The summed E-state index contributed by atoms with van der Waals surface area (Å²) in [6.07, 6.45) is 2.91. The molecule has 1 aliphatic heterocycles. The van der Waals surface area contributed by atoms with Gasteiger partial charge in [0, 0.05) is 37.1 Å². The molecular formula is C18H26N2O2. The van der Waals surface area contributed by atoms with Gasteiger partial charge in [0.1, 0.15) is 0 Å². The highest BCUT2D eigenvalue weighted by molar-refractivity contribution is 5.85. The van der Waals surface area contributed by atoms with Gasteiger partial charge in [0.15, 0.2) is 0 Å². The summed E-state index contributed by atoms with van der Waals surface area (Å²) in [7, 11) is 0. The molecule has 1 saturated carbocycles. The Morgan fingerprint density at radius 1 is 1.36 bits per heavy atom. The number of rotatable bonds is 5. The van der Waals surface area contributed by atoms with Gasteiger partial charge in [-0.05, 0) is 31.4 Å². The van der Waals surface area contributed by atoms with Crippen LogP contribution in [0.4, 0.5) is 0 Å². The molecule has 1 aromatic carbocycles. The molecule has 2 unspecified atom stereocenters. The number of hydrogen-bond donors (Lipinski definition) is 2. The van der Waals surface area contributed by atoms with Crippen LogP contribution >= 0.6 is 0 Å². The van der Waals surface area contributed by atoms with Crippen LogP contribution in [-0.4, -0.2) is 41.7 Å². The number of hydrogen-bond acceptors (Lipinski definition) is 3. The Labute approximate surface area is 132 Å². The van der Waals surface area contributed by atoms with E-state index in [2.05, 4.69) is 34.5 Å². The van der Waals surface area contributed by atoms with Crippen molar-refractivity contribution in [3.05, 3.63) is 35.9 Å². The lowest BCUT2D eigenvalue weighted by atomic mass is 9.91. The predicted molar refractivity (Wildman–Crippen MR) is 86.2 cm³/mol. The van der Waals surface area contributed by atoms with Crippen LogP contribution in [-0.2, 0) is 11.3 Å². The Kier molecular flexibility index (Phi) is 4.50. The number of benzene rings is 1. The molecule has 0 radical (unpaired) electrons. The minimum Gasteiger partial charge on any atom is -0.396 e. The van der Waals surface area contributed by atoms with Gasteiger partial charge in [-0.3, -0.25) is 9.69 Å². The van der Waals surface area contributed by atoms with Crippen LogP contribution in [0.1, 0.15) is 31.7 Å². The first kappa shape index (κ1) is 15.5. The Balaban J connectivity index is 1.60. The molecule has 1 amide bonds. The zero-order chi connectivity index (χ0) is 15.6. The van der Waals surface area contributed by atoms with Crippen molar-refractivity contribution in [2.45, 2.75) is 38.8 Å². The monoisotopic (exact) mass is 302 g/mol. The zero-order valence-electron chi connectivity index (χ0n) is 13.3. The van der Waals surface area contributed by atoms with E-state index in [4.69, 9.17) is 0 Å². The Morgan fingerprint density at radius 2 is 2.09 bits per heavy atom. The number of likely N-dealkylation sites (tertiary alicyclic amines) is 1. The smallest absolute Gasteiger partial charge is 0.226 e. The highest BCUT2D eigenvalue weighted by Crippen LogP contribution is 2.45. The maximum atomic E-state index is 12.3. The van der Waals surface area contributed by atoms with Crippen molar-refractivity contribution >= 4 is 5.91 Å². The average molecular weight is 302 g/mol. The SMILES string of the molecule is CC1(C(=O)NC2CN(Cc3ccccc3)CCC2CO)CC1. The number of nitrogens with one attached hydrogen (secondary N) is 1. The summed E-state index contributed by atoms with van der Waals surface area (Å²) in [6.45, 7) is 4.88. The van der Waals surface area contributed by atoms with Gasteiger partial charge in [-0.2, -0.15) is 0 Å². The van der Waals surface area contributed by atoms with Crippen molar-refractivity contribution < 1.29 is 9.90 Å². The van der Waals surface area contributed by atoms with E-state index in [1.165, 1.54) is 5.56 Å². The predicted octanol–water partition coefficient (Wildman–Crippen LogP) is 1.79. The van der Waals surface area contributed by atoms with Crippen molar-refractivity contribution in [1.29, 1.82) is 0 Å². The number of carbonyl (C=O) groups excluding carboxylic acids is 1. The fraction of sp³-hybridized carbons (Fsp3) is 0.611. The van der Waals surface area contributed by atoms with Crippen LogP contribution in [0.25, 0.3) is 0 Å². The number of aliphatic hydroxyl groups is 1. The van der Waals surface area contributed by atoms with Crippen molar-refractivity contribution in [3.8, 4) is 0 Å². The highest BCUT2D eigenvalue weighted by Gasteiger charge is 2.46. The molecule has 3 rings (SSSR count). The Morgan fingerprint density at radius 3 is 2.73 bits per heavy atom. The molecule has 1 heterocycles. The highest BCUT2D eigenvalue weighted by atomic mass is 16.3. The number of carbonyl (C=O) groups is 1. The van der Waals surface area contributed by atoms with E-state index in [-0.39, 0.29) is 29.9 Å². The zero-order valence-corrected chi connectivity index (χ0v) is 13.3. The van der Waals surface area contributed by atoms with Crippen molar-refractivity contribution in [2.75, 3.05) is 19.7 Å². The van der Waals surface area contributed by atoms with Gasteiger partial charge >= 0.3 is 0 Å². The maximum Gasteiger partial charge on any atom is 0.226 e. The largest absolute Gasteiger partial charge is 0.396 e. The van der Waals surface area contributed by atoms with Crippen LogP contribution in [0.2, 0.25) is 0 Å². The van der Waals surface area contributed by atoms with Crippen LogP contribution in [0.15, 0.2) is 30.3 Å². The van der Waals surface area contributed by atoms with Crippen LogP contribution in [0, 0.1) is 11.3 Å². The molecule has 22 heavy (non-hydrogen) atoms. The average Bonchev–Trinajstić information content (AvgIpc) is 3.28. The lowest BCUT2D eigenvalue weighted by molar-refractivity contribution is -0.127. The van der Waals surface area contributed by atoms with Gasteiger partial charge in [-0.15, -0.1) is 0 Å². The van der Waals surface area contributed by atoms with E-state index >= 15 is 0 Å². The maximum absolute atomic E-state index is 12.3. The van der Waals surface area contributed by atoms with E-state index in [9.17, 15) is 9.90 Å². The molecule has 4 heteroatoms. The first-order chi connectivity index (χ1) is 10.6. The molecule has 1 aliphatic carbocycles. The Bertz CT molecular complexity index is 513. The summed E-state index contributed by atoms with van der Waals surface area (Å²) in [5.74, 6) is 0.343. The van der Waals surface area contributed by atoms with Gasteiger partial charge in [-0.1, -0.05) is 37.3 Å². The van der Waals surface area contributed by atoms with E-state index in [1.54, 1.807) is 0 Å². The van der Waals surface area contributed by atoms with Gasteiger partial charge in [0.2, 0.25) is 5.91 Å². The molecule has 4 nitrogen and oxygen atoms in total. The molecule has 1 saturated heterocycles. The quantitative estimate of drug-likeness (QED) is 0.872. The molecule has 2 fully saturated rings. The second-order valence-corrected chi connectivity index (χ2v) is 7.09. The standard InChI is InChI=1S/C18H26N2O2/c1-18(8-9-18)17(22)19-16-12-20(10-7-15(16)13-21)11-14-5-3-2-4-6-14/h2-6,15-16,21H,7-13H2,1H3,(H,19,22). The van der Waals surface area contributed by atoms with E-state index < -0.39 is 0 Å². The van der Waals surface area contributed by atoms with Crippen molar-refractivity contribution in [1.82, 2.24) is 10.2 Å². The number of nitrogens with zero attached hydrogens (tertiary/aromatic N) is 1. The number of amides is 1. The molecule has 2 N–H and O–H groups in total. The normalized spacial score (nSPS) is 27.4. The van der Waals surface area contributed by atoms with Crippen LogP contribution in [0.5, 0.6) is 0 Å². The molecule has 0 aromatic heterocycles. The van der Waals surface area contributed by atoms with Gasteiger partial charge in [0.05, 0.1) is 0 Å². The molecule has 2 aliphatic rings. The lowest BCUT2D eigenvalue weighted by Gasteiger charge is -2.38. The molecule has 120 valence electrons. The third-order valence-electron chi connectivity index (χ3n) is 5.19. The van der Waals surface area contributed by atoms with Crippen LogP contribution < -0.4 is 5.32 Å². The van der Waals surface area contributed by atoms with Crippen molar-refractivity contribution in [2.24, 2.45) is 11.3 Å². The van der Waals surface area contributed by atoms with Gasteiger partial charge in [0.25, 0.3) is 0 Å². The fourth-order valence-electron chi connectivity index (χ4n) is 3.19. The third kappa shape index (κ3) is 3.50. The summed E-state index contributed by atoms with van der Waals surface area (Å²) >= 11 is 0. The van der Waals surface area contributed by atoms with E-state index in [0.29, 0.717) is 0 Å². The van der Waals surface area contributed by atoms with E-state index in [0.717, 1.165) is 38.9 Å². The lowest BCUT2D eigenvalue weighted by Crippen LogP contribution is -2.54. The molecule has 0 bridgehead atoms. The molecule has 0 spiro atoms. The first-order valence-corrected chi connectivity index (χ1v) is 8.29. The van der Waals surface area contributed by atoms with Gasteiger partial charge < -0.3 is 10.4 Å². The van der Waals surface area contributed by atoms with Crippen LogP contribution in [0.3, 0.4) is 0 Å². The fourth-order valence-corrected chi connectivity index (χ4v) is 3.19. The number of piperidine rings is 1. The Hall–Kier alpha value is -1.39. The summed E-state index contributed by atoms with van der Waals surface area (Å²) < 4.78 is 0. The van der Waals surface area contributed by atoms with Gasteiger partial charge in [-0.25, -0.2) is 0 Å². The summed E-state index contributed by atoms with van der Waals surface area (Å²) in [4.78, 5) is 14.7. The molecule has 2 atom stereocenters. The third-order valence-corrected chi connectivity index (χ3v) is 5.19. The molecular weight excluding hydrogens is 276 g/mol. The number of aliphatic hydroxyl groups excluding tert-OH is 1. The summed E-state index contributed by atoms with van der Waals surface area (Å²) in [5, 5.41) is 12.8. The summed E-state index contributed by atoms with van der Waals surface area (Å²) in [5.41, 5.74) is 1.14. The van der Waals surface area contributed by atoms with Crippen molar-refractivity contribution in [3.63, 3.8) is 0 Å². The van der Waals surface area contributed by atoms with E-state index in [1.807, 2.05) is 13.0 Å². The minimum atomic E-state index is -0.151. The first-order valence-electron chi connectivity index (χ1n) is 8.29. The second-order valence-electron chi connectivity index (χ2n) is 7.09. The molecule has 1 aromatic rings. The second kappa shape index (κ2) is 6.39. The minimum absolute atomic E-state index is 0.0624.